The van der Waals surface area contributed by atoms with Gasteiger partial charge in [-0.25, -0.2) is 4.39 Å². The van der Waals surface area contributed by atoms with Crippen LogP contribution in [0.15, 0.2) is 30.4 Å². The molecule has 0 saturated heterocycles. The Morgan fingerprint density at radius 2 is 2.25 bits per heavy atom. The lowest BCUT2D eigenvalue weighted by molar-refractivity contribution is -0.125. The van der Waals surface area contributed by atoms with Crippen LogP contribution in [0.25, 0.3) is 0 Å². The molecule has 4 heteroatoms. The summed E-state index contributed by atoms with van der Waals surface area (Å²) < 4.78 is 18.5. The van der Waals surface area contributed by atoms with Crippen molar-refractivity contribution in [1.29, 1.82) is 0 Å². The quantitative estimate of drug-likeness (QED) is 0.857. The zero-order valence-electron chi connectivity index (χ0n) is 11.9. The second-order valence-electron chi connectivity index (χ2n) is 5.11. The highest BCUT2D eigenvalue weighted by atomic mass is 19.1. The second-order valence-corrected chi connectivity index (χ2v) is 5.11. The summed E-state index contributed by atoms with van der Waals surface area (Å²) in [4.78, 5) is 12.1. The number of methoxy groups -OCH3 is 1. The largest absolute Gasteiger partial charge is 0.494 e. The number of allylic oxidation sites excluding steroid dienone is 2. The van der Waals surface area contributed by atoms with Crippen molar-refractivity contribution in [2.24, 2.45) is 5.92 Å². The number of amides is 1. The van der Waals surface area contributed by atoms with Gasteiger partial charge in [0.25, 0.3) is 0 Å². The Morgan fingerprint density at radius 1 is 1.45 bits per heavy atom. The molecule has 2 rings (SSSR count). The standard InChI is InChI=1S/C16H20FNO2/c1-11(13-8-9-15(20-2)14(17)10-13)18-16(19)12-6-4-3-5-7-12/h3-4,8-12H,5-7H2,1-2H3,(H,18,19). The first kappa shape index (κ1) is 14.6. The maximum Gasteiger partial charge on any atom is 0.223 e. The molecule has 0 aliphatic heterocycles. The molecule has 1 amide bonds. The first-order valence-electron chi connectivity index (χ1n) is 6.90. The minimum absolute atomic E-state index is 0.0329. The van der Waals surface area contributed by atoms with Crippen molar-refractivity contribution >= 4 is 5.91 Å². The lowest BCUT2D eigenvalue weighted by Gasteiger charge is -2.21. The molecule has 0 aromatic heterocycles. The van der Waals surface area contributed by atoms with E-state index in [1.54, 1.807) is 12.1 Å². The highest BCUT2D eigenvalue weighted by Crippen LogP contribution is 2.23. The molecule has 2 atom stereocenters. The van der Waals surface area contributed by atoms with Gasteiger partial charge in [0.05, 0.1) is 13.2 Å². The van der Waals surface area contributed by atoms with Gasteiger partial charge >= 0.3 is 0 Å². The zero-order valence-corrected chi connectivity index (χ0v) is 11.9. The van der Waals surface area contributed by atoms with Gasteiger partial charge in [-0.2, -0.15) is 0 Å². The summed E-state index contributed by atoms with van der Waals surface area (Å²) in [6.45, 7) is 1.86. The fraction of sp³-hybridized carbons (Fsp3) is 0.438. The lowest BCUT2D eigenvalue weighted by Crippen LogP contribution is -2.33. The molecule has 0 heterocycles. The van der Waals surface area contributed by atoms with Crippen LogP contribution >= 0.6 is 0 Å². The van der Waals surface area contributed by atoms with Crippen molar-refractivity contribution in [2.75, 3.05) is 7.11 Å². The third-order valence-corrected chi connectivity index (χ3v) is 3.67. The highest BCUT2D eigenvalue weighted by Gasteiger charge is 2.21. The second kappa shape index (κ2) is 6.55. The van der Waals surface area contributed by atoms with Crippen molar-refractivity contribution in [2.45, 2.75) is 32.2 Å². The van der Waals surface area contributed by atoms with Crippen LogP contribution in [0.5, 0.6) is 5.75 Å². The predicted molar refractivity (Wildman–Crippen MR) is 76.0 cm³/mol. The first-order valence-corrected chi connectivity index (χ1v) is 6.90. The third kappa shape index (κ3) is 3.38. The van der Waals surface area contributed by atoms with Crippen LogP contribution in [-0.2, 0) is 4.79 Å². The molecule has 1 aromatic carbocycles. The Hall–Kier alpha value is -1.84. The third-order valence-electron chi connectivity index (χ3n) is 3.67. The number of ether oxygens (including phenoxy) is 1. The summed E-state index contributed by atoms with van der Waals surface area (Å²) in [5.41, 5.74) is 0.739. The van der Waals surface area contributed by atoms with Crippen LogP contribution in [0, 0.1) is 11.7 Å². The van der Waals surface area contributed by atoms with Crippen LogP contribution in [-0.4, -0.2) is 13.0 Å². The first-order chi connectivity index (χ1) is 9.61. The smallest absolute Gasteiger partial charge is 0.223 e. The maximum absolute atomic E-state index is 13.7. The summed E-state index contributed by atoms with van der Waals surface area (Å²) in [6, 6.07) is 4.54. The minimum atomic E-state index is -0.410. The van der Waals surface area contributed by atoms with Crippen LogP contribution in [0.2, 0.25) is 0 Å². The van der Waals surface area contributed by atoms with Crippen molar-refractivity contribution < 1.29 is 13.9 Å². The Labute approximate surface area is 118 Å². The molecule has 1 N–H and O–H groups in total. The minimum Gasteiger partial charge on any atom is -0.494 e. The van der Waals surface area contributed by atoms with Crippen molar-refractivity contribution in [3.05, 3.63) is 41.7 Å². The van der Waals surface area contributed by atoms with Gasteiger partial charge < -0.3 is 10.1 Å². The molecule has 3 nitrogen and oxygen atoms in total. The average molecular weight is 277 g/mol. The van der Waals surface area contributed by atoms with Gasteiger partial charge in [0, 0.05) is 5.92 Å². The van der Waals surface area contributed by atoms with Crippen molar-refractivity contribution in [3.8, 4) is 5.75 Å². The Bertz CT molecular complexity index is 513. The van der Waals surface area contributed by atoms with Crippen molar-refractivity contribution in [1.82, 2.24) is 5.32 Å². The van der Waals surface area contributed by atoms with E-state index in [-0.39, 0.29) is 23.6 Å². The average Bonchev–Trinajstić information content (AvgIpc) is 2.48. The van der Waals surface area contributed by atoms with E-state index in [2.05, 4.69) is 11.4 Å². The Morgan fingerprint density at radius 3 is 2.85 bits per heavy atom. The summed E-state index contributed by atoms with van der Waals surface area (Å²) in [7, 11) is 1.43. The van der Waals surface area contributed by atoms with E-state index in [4.69, 9.17) is 4.74 Å². The predicted octanol–water partition coefficient (Wildman–Crippen LogP) is 3.37. The molecule has 20 heavy (non-hydrogen) atoms. The van der Waals surface area contributed by atoms with Gasteiger partial charge in [0.1, 0.15) is 0 Å². The number of rotatable bonds is 4. The summed E-state index contributed by atoms with van der Waals surface area (Å²) in [5.74, 6) is -0.125. The van der Waals surface area contributed by atoms with Crippen LogP contribution < -0.4 is 10.1 Å². The molecule has 0 radical (unpaired) electrons. The van der Waals surface area contributed by atoms with E-state index in [1.165, 1.54) is 13.2 Å². The number of hydrogen-bond acceptors (Lipinski definition) is 2. The van der Waals surface area contributed by atoms with Gasteiger partial charge in [0.2, 0.25) is 5.91 Å². The number of halogens is 1. The van der Waals surface area contributed by atoms with Gasteiger partial charge in [-0.3, -0.25) is 4.79 Å². The molecular weight excluding hydrogens is 257 g/mol. The zero-order chi connectivity index (χ0) is 14.5. The fourth-order valence-electron chi connectivity index (χ4n) is 2.40. The van der Waals surface area contributed by atoms with Gasteiger partial charge in [0.15, 0.2) is 11.6 Å². The topological polar surface area (TPSA) is 38.3 Å². The molecule has 1 aliphatic carbocycles. The van der Waals surface area contributed by atoms with Gasteiger partial charge in [-0.1, -0.05) is 18.2 Å². The molecule has 1 aromatic rings. The summed E-state index contributed by atoms with van der Waals surface area (Å²) >= 11 is 0. The fourth-order valence-corrected chi connectivity index (χ4v) is 2.40. The summed E-state index contributed by atoms with van der Waals surface area (Å²) in [5, 5.41) is 2.95. The van der Waals surface area contributed by atoms with Gasteiger partial charge in [-0.15, -0.1) is 0 Å². The molecule has 0 fully saturated rings. The normalized spacial score (nSPS) is 19.4. The van der Waals surface area contributed by atoms with Crippen LogP contribution in [0.4, 0.5) is 4.39 Å². The number of nitrogens with one attached hydrogen (secondary N) is 1. The molecule has 2 unspecified atom stereocenters. The molecule has 1 aliphatic rings. The molecule has 0 spiro atoms. The highest BCUT2D eigenvalue weighted by molar-refractivity contribution is 5.79. The molecule has 108 valence electrons. The van der Waals surface area contributed by atoms with E-state index in [0.29, 0.717) is 0 Å². The SMILES string of the molecule is COc1ccc(C(C)NC(=O)C2CC=CCC2)cc1F. The Kier molecular flexibility index (Phi) is 4.77. The van der Waals surface area contributed by atoms with E-state index in [9.17, 15) is 9.18 Å². The number of benzene rings is 1. The molecular formula is C16H20FNO2. The maximum atomic E-state index is 13.7. The molecule has 0 saturated carbocycles. The Balaban J connectivity index is 2.00. The van der Waals surface area contributed by atoms with E-state index in [1.807, 2.05) is 13.0 Å². The lowest BCUT2D eigenvalue weighted by atomic mass is 9.93. The number of carbonyl (C=O) groups is 1. The van der Waals surface area contributed by atoms with E-state index < -0.39 is 5.82 Å². The van der Waals surface area contributed by atoms with Crippen LogP contribution in [0.3, 0.4) is 0 Å². The number of carbonyl (C=O) groups excluding carboxylic acids is 1. The van der Waals surface area contributed by atoms with E-state index in [0.717, 1.165) is 24.8 Å². The van der Waals surface area contributed by atoms with Crippen LogP contribution in [0.1, 0.15) is 37.8 Å². The molecule has 0 bridgehead atoms. The van der Waals surface area contributed by atoms with Crippen molar-refractivity contribution in [3.63, 3.8) is 0 Å². The number of hydrogen-bond donors (Lipinski definition) is 1. The monoisotopic (exact) mass is 277 g/mol. The summed E-state index contributed by atoms with van der Waals surface area (Å²) in [6.07, 6.45) is 6.77. The van der Waals surface area contributed by atoms with Gasteiger partial charge in [-0.05, 0) is 43.9 Å². The van der Waals surface area contributed by atoms with E-state index >= 15 is 0 Å².